The molecule has 10 aliphatic heterocycles. The average Bonchev–Trinajstić information content (AvgIpc) is 1.56. The van der Waals surface area contributed by atoms with Crippen LogP contribution in [0.3, 0.4) is 0 Å². The van der Waals surface area contributed by atoms with E-state index in [2.05, 4.69) is 218 Å². The van der Waals surface area contributed by atoms with E-state index in [0.29, 0.717) is 157 Å². The summed E-state index contributed by atoms with van der Waals surface area (Å²) < 4.78 is 25.5. The third-order valence-electron chi connectivity index (χ3n) is 30.8. The Morgan fingerprint density at radius 1 is 0.347 bits per heavy atom. The summed E-state index contributed by atoms with van der Waals surface area (Å²) in [6.07, 6.45) is 34.0. The molecule has 1 aliphatic carbocycles. The minimum absolute atomic E-state index is 0.00241. The van der Waals surface area contributed by atoms with Crippen molar-refractivity contribution in [3.63, 3.8) is 0 Å². The summed E-state index contributed by atoms with van der Waals surface area (Å²) in [4.78, 5) is 139. The number of amides is 2. The van der Waals surface area contributed by atoms with Crippen molar-refractivity contribution < 1.29 is 19.1 Å². The van der Waals surface area contributed by atoms with Gasteiger partial charge in [0.2, 0.25) is 47.4 Å². The maximum atomic E-state index is 13.6. The molecule has 0 radical (unpaired) electrons. The number of fused-ring (bicyclic) bond motifs is 27. The molecule has 2 amide bonds. The molecule has 150 heavy (non-hydrogen) atoms. The lowest BCUT2D eigenvalue weighted by Gasteiger charge is -2.38. The number of hydrogen-bond donors (Lipinski definition) is 4. The normalized spacial score (nSPS) is 17.7. The number of benzene rings is 6. The molecule has 0 unspecified atom stereocenters. The number of nitrogens with zero attached hydrogens (tertiary/aromatic N) is 24. The van der Waals surface area contributed by atoms with Crippen LogP contribution in [0.1, 0.15) is 148 Å². The highest BCUT2D eigenvalue weighted by molar-refractivity contribution is 6.03. The van der Waals surface area contributed by atoms with Crippen LogP contribution in [-0.2, 0) is 97.7 Å². The molecule has 0 atom stereocenters. The van der Waals surface area contributed by atoms with Gasteiger partial charge in [0.1, 0.15) is 21.5 Å². The Balaban J connectivity index is 0.000000107. The van der Waals surface area contributed by atoms with Gasteiger partial charge in [-0.15, -0.1) is 0 Å². The van der Waals surface area contributed by atoms with Crippen molar-refractivity contribution in [2.75, 3.05) is 98.7 Å². The standard InChI is InChI=1S/C31H31N7O2.C31H33N7O2.C27H29N7O2.C25H25N7O2/c1-35-15-10-20-6-8-22(17-25(20)31(35)11-12-31)33-30-32-19-24-28(34-30)38-23-9-7-21-16-27(39)36(26(21)18-23)13-4-2-3-5-14-37(38)29(24)40;1-31(2)19-35(3)18-21-14-22(9-11-25(21)31)33-30-32-17-24-28(34-30)38-23-10-8-20-15-27(39)36(26(20)16-23)12-6-4-5-7-13-37(38)29(24)40;1-27(2)21-12-11-19(15-18(21)17-32(27)3)29-26-28-16-20-24(31-26)34-22-9-8-10-23(30-22)36-14-7-5-4-6-13-33(34)25(20)35;1-30-15-17-9-10-19(13-18(17)16-30)27-25-26-14-20-23(29-25)32-21-7-6-8-22(28-21)34-12-5-3-2-4-11-31(32)24(20)33/h3,5-9,17-19H,2,4,10-16H2,1H3,(H,32,33,34);5,7-11,14,16-17H,4,6,12-13,15,18-19H2,1-3H3,(H,32,33,34);4,6,8-12,15-16H,5,7,13-14,17H2,1-3H3,(H,28,29,31);2,4,6-10,13-14H,3,5,11-12,15-16H2,1H3,(H,26,27,29). The van der Waals surface area contributed by atoms with Crippen LogP contribution in [0.4, 0.5) is 57.9 Å². The molecule has 27 rings (SSSR count). The highest BCUT2D eigenvalue weighted by Gasteiger charge is 2.51. The van der Waals surface area contributed by atoms with Gasteiger partial charge in [-0.1, -0.05) is 111 Å². The zero-order valence-electron chi connectivity index (χ0n) is 85.4. The number of carbonyl (C=O) groups excluding carboxylic acids is 2. The van der Waals surface area contributed by atoms with E-state index in [4.69, 9.17) is 29.4 Å². The highest BCUT2D eigenvalue weighted by Crippen LogP contribution is 2.54. The Morgan fingerprint density at radius 2 is 0.747 bits per heavy atom. The fourth-order valence-electron chi connectivity index (χ4n) is 22.9. The number of nitrogens with one attached hydrogen (secondary N) is 4. The monoisotopic (exact) mass is 2010 g/mol. The number of allylic oxidation sites excluding steroid dienone is 8. The molecular formula is C114H118N28O8. The molecule has 1 saturated carbocycles. The topological polar surface area (TPSA) is 357 Å². The maximum Gasteiger partial charge on any atom is 0.278 e. The van der Waals surface area contributed by atoms with E-state index in [9.17, 15) is 28.8 Å². The Morgan fingerprint density at radius 3 is 1.22 bits per heavy atom. The molecule has 0 saturated heterocycles. The summed E-state index contributed by atoms with van der Waals surface area (Å²) in [6.45, 7) is 19.0. The van der Waals surface area contributed by atoms with Gasteiger partial charge in [0.05, 0.1) is 63.6 Å². The molecule has 6 aromatic carbocycles. The van der Waals surface area contributed by atoms with Crippen molar-refractivity contribution >= 4 is 114 Å². The number of carbonyl (C=O) groups is 2. The van der Waals surface area contributed by atoms with E-state index in [0.717, 1.165) is 154 Å². The number of likely N-dealkylation sites (N-methyl/N-ethyl adjacent to an activating group) is 2. The van der Waals surface area contributed by atoms with Crippen LogP contribution in [0, 0.1) is 0 Å². The van der Waals surface area contributed by atoms with Crippen LogP contribution < -0.4 is 62.8 Å². The molecule has 16 aromatic rings. The molecule has 36 nitrogen and oxygen atoms in total. The first kappa shape index (κ1) is 95.8. The highest BCUT2D eigenvalue weighted by atomic mass is 16.5. The number of pyridine rings is 2. The molecule has 11 aliphatic rings. The van der Waals surface area contributed by atoms with E-state index in [1.54, 1.807) is 52.9 Å². The van der Waals surface area contributed by atoms with Gasteiger partial charge in [-0.3, -0.25) is 43.5 Å². The van der Waals surface area contributed by atoms with Crippen LogP contribution in [-0.4, -0.2) is 186 Å². The van der Waals surface area contributed by atoms with Gasteiger partial charge in [-0.05, 0) is 253 Å². The van der Waals surface area contributed by atoms with E-state index < -0.39 is 0 Å². The maximum absolute atomic E-state index is 13.6. The van der Waals surface area contributed by atoms with Crippen LogP contribution >= 0.6 is 0 Å². The van der Waals surface area contributed by atoms with E-state index in [1.165, 1.54) is 57.3 Å². The number of anilines is 10. The predicted octanol–water partition coefficient (Wildman–Crippen LogP) is 15.9. The predicted molar refractivity (Wildman–Crippen MR) is 580 cm³/mol. The lowest BCUT2D eigenvalue weighted by molar-refractivity contribution is -0.118. The molecule has 36 heteroatoms. The third kappa shape index (κ3) is 18.0. The second-order valence-electron chi connectivity index (χ2n) is 41.9. The number of hydrogen-bond acceptors (Lipinski definition) is 26. The van der Waals surface area contributed by atoms with Gasteiger partial charge < -0.3 is 45.4 Å². The van der Waals surface area contributed by atoms with E-state index in [-0.39, 0.29) is 50.5 Å². The van der Waals surface area contributed by atoms with Crippen LogP contribution in [0.25, 0.3) is 67.1 Å². The molecule has 1 spiro atoms. The van der Waals surface area contributed by atoms with Gasteiger partial charge >= 0.3 is 0 Å². The quantitative estimate of drug-likeness (QED) is 0.103. The molecule has 8 bridgehead atoms. The first-order valence-corrected chi connectivity index (χ1v) is 51.9. The van der Waals surface area contributed by atoms with Crippen molar-refractivity contribution in [3.05, 3.63) is 316 Å². The second-order valence-corrected chi connectivity index (χ2v) is 41.9. The van der Waals surface area contributed by atoms with Crippen molar-refractivity contribution in [2.24, 2.45) is 0 Å². The molecule has 10 aromatic heterocycles. The van der Waals surface area contributed by atoms with Gasteiger partial charge in [-0.2, -0.15) is 29.9 Å². The van der Waals surface area contributed by atoms with E-state index >= 15 is 0 Å². The lowest BCUT2D eigenvalue weighted by Crippen LogP contribution is -2.39. The lowest BCUT2D eigenvalue weighted by atomic mass is 9.78. The molecule has 762 valence electrons. The van der Waals surface area contributed by atoms with Crippen LogP contribution in [0.15, 0.2) is 238 Å². The van der Waals surface area contributed by atoms with Crippen molar-refractivity contribution in [1.82, 2.24) is 107 Å². The summed E-state index contributed by atoms with van der Waals surface area (Å²) in [5, 5.41) is 15.2. The summed E-state index contributed by atoms with van der Waals surface area (Å²) in [5.74, 6) is 4.16. The summed E-state index contributed by atoms with van der Waals surface area (Å²) >= 11 is 0. The Hall–Kier alpha value is -16.4. The first-order valence-electron chi connectivity index (χ1n) is 51.9. The zero-order valence-corrected chi connectivity index (χ0v) is 85.4. The molecule has 20 heterocycles. The second kappa shape index (κ2) is 39.0. The summed E-state index contributed by atoms with van der Waals surface area (Å²) in [6, 6.07) is 48.8. The molecule has 1 fully saturated rings. The van der Waals surface area contributed by atoms with Crippen molar-refractivity contribution in [3.8, 4) is 34.8 Å². The Labute approximate surface area is 864 Å². The minimum Gasteiger partial charge on any atom is -0.478 e. The smallest absolute Gasteiger partial charge is 0.278 e. The Bertz CT molecular complexity index is 8530. The van der Waals surface area contributed by atoms with Crippen molar-refractivity contribution in [2.45, 2.75) is 180 Å². The van der Waals surface area contributed by atoms with Crippen LogP contribution in [0.5, 0.6) is 11.8 Å². The fourth-order valence-corrected chi connectivity index (χ4v) is 22.9. The first-order chi connectivity index (χ1) is 72.9. The minimum atomic E-state index is -0.158. The molecule has 4 N–H and O–H groups in total. The number of aromatic nitrogens is 18. The average molecular weight is 2010 g/mol. The third-order valence-corrected chi connectivity index (χ3v) is 30.8. The number of rotatable bonds is 8. The summed E-state index contributed by atoms with van der Waals surface area (Å²) in [5.41, 5.74) is 21.6. The Kier molecular flexibility index (Phi) is 24.9. The fraction of sp³-hybridized carbons (Fsp3) is 0.333. The van der Waals surface area contributed by atoms with Gasteiger partial charge in [0.15, 0.2) is 34.2 Å². The van der Waals surface area contributed by atoms with Gasteiger partial charge in [-0.25, -0.2) is 57.4 Å². The van der Waals surface area contributed by atoms with E-state index in [1.807, 2.05) is 122 Å². The van der Waals surface area contributed by atoms with Gasteiger partial charge in [0.25, 0.3) is 22.2 Å². The summed E-state index contributed by atoms with van der Waals surface area (Å²) in [7, 11) is 8.63. The zero-order chi connectivity index (χ0) is 103. The van der Waals surface area contributed by atoms with Crippen molar-refractivity contribution in [1.29, 1.82) is 0 Å². The molecular weight excluding hydrogens is 1890 g/mol. The van der Waals surface area contributed by atoms with Crippen LogP contribution in [0.2, 0.25) is 0 Å². The largest absolute Gasteiger partial charge is 0.478 e. The SMILES string of the molecule is CN1CCc2ccc(Nc3ncc4c(=O)n5n(c4n3)-c3ccc4c(c3)N(CCCC=CC5)C(=O)C4)cc2C12CC2.CN1Cc2cc(Nc3ncc4c(=O)n5n(c4n3)-c3ccc4c(c3)N(CCCC=CC5)C(=O)C4)ccc2C(C)(C)C1.CN1Cc2cc(Nc3ncc4c(=O)n5n(c4n3)-c3cccc(n3)OCCCC=CC5)ccc2C1(C)C.CN1Cc2ccc(Nc3ncc4c(=O)n5n(c4n3)-c3cccc(n3)OCCCC=CC5)cc2C1. The number of ether oxygens (including phenoxy) is 2. The van der Waals surface area contributed by atoms with Gasteiger partial charge in [0, 0.05) is 140 Å².